The molecular weight excluding hydrogens is 277 g/mol. The van der Waals surface area contributed by atoms with E-state index in [2.05, 4.69) is 5.16 Å². The molecule has 0 radical (unpaired) electrons. The molecule has 1 aliphatic rings. The van der Waals surface area contributed by atoms with Crippen LogP contribution in [0, 0.1) is 5.92 Å². The summed E-state index contributed by atoms with van der Waals surface area (Å²) in [6, 6.07) is 0. The second kappa shape index (κ2) is 7.65. The van der Waals surface area contributed by atoms with Crippen LogP contribution in [-0.2, 0) is 0 Å². The first-order valence-corrected chi connectivity index (χ1v) is 6.48. The Morgan fingerprint density at radius 1 is 1.20 bits per heavy atom. The third-order valence-electron chi connectivity index (χ3n) is 3.41. The quantitative estimate of drug-likeness (QED) is 0.286. The van der Waals surface area contributed by atoms with Gasteiger partial charge in [-0.15, -0.1) is 0 Å². The lowest BCUT2D eigenvalue weighted by molar-refractivity contribution is -0.160. The first-order chi connectivity index (χ1) is 9.38. The van der Waals surface area contributed by atoms with Crippen LogP contribution in [0.4, 0.5) is 13.2 Å². The van der Waals surface area contributed by atoms with Gasteiger partial charge in [0.15, 0.2) is 5.84 Å². The van der Waals surface area contributed by atoms with Gasteiger partial charge in [0, 0.05) is 26.2 Å². The Kier molecular flexibility index (Phi) is 6.50. The highest BCUT2D eigenvalue weighted by atomic mass is 19.4. The number of hydrogen-bond donors (Lipinski definition) is 3. The van der Waals surface area contributed by atoms with E-state index >= 15 is 0 Å². The number of halogens is 3. The fourth-order valence-corrected chi connectivity index (χ4v) is 2.26. The second-order valence-electron chi connectivity index (χ2n) is 4.84. The van der Waals surface area contributed by atoms with E-state index in [9.17, 15) is 13.2 Å². The lowest BCUT2D eigenvalue weighted by atomic mass is 10.1. The average molecular weight is 298 g/mol. The number of nitrogens with zero attached hydrogens (tertiary/aromatic N) is 3. The summed E-state index contributed by atoms with van der Waals surface area (Å²) in [5, 5.41) is 19.8. The minimum atomic E-state index is -4.53. The van der Waals surface area contributed by atoms with Gasteiger partial charge in [-0.1, -0.05) is 5.16 Å². The topological polar surface area (TPSA) is 85.3 Å². The van der Waals surface area contributed by atoms with E-state index in [-0.39, 0.29) is 13.2 Å². The van der Waals surface area contributed by atoms with Crippen molar-refractivity contribution in [3.05, 3.63) is 0 Å². The third-order valence-corrected chi connectivity index (χ3v) is 3.41. The van der Waals surface area contributed by atoms with Gasteiger partial charge in [0.2, 0.25) is 0 Å². The summed E-state index contributed by atoms with van der Waals surface area (Å²) in [7, 11) is 0. The van der Waals surface area contributed by atoms with Crippen molar-refractivity contribution in [1.29, 1.82) is 0 Å². The summed E-state index contributed by atoms with van der Waals surface area (Å²) in [5.74, 6) is -2.77. The normalized spacial score (nSPS) is 21.7. The first-order valence-electron chi connectivity index (χ1n) is 6.48. The molecule has 1 heterocycles. The standard InChI is InChI=1S/C11H21F3N4O2/c12-11(13,14)9(10(15)16-20)8-18-3-1-2-17(4-5-18)6-7-19/h9,19-20H,1-8H2,(H2,15,16). The number of nitrogens with two attached hydrogens (primary N) is 1. The molecule has 0 amide bonds. The number of hydrogen-bond acceptors (Lipinski definition) is 5. The summed E-state index contributed by atoms with van der Waals surface area (Å²) >= 11 is 0. The number of β-amino-alcohol motifs (C(OH)–C–C–N with tert-alkyl or cyclic N) is 1. The lowest BCUT2D eigenvalue weighted by Gasteiger charge is -2.27. The SMILES string of the molecule is NC(=NO)C(CN1CCCN(CCO)CC1)C(F)(F)F. The average Bonchev–Trinajstić information content (AvgIpc) is 2.60. The molecule has 0 saturated carbocycles. The molecule has 1 unspecified atom stereocenters. The number of alkyl halides is 3. The fourth-order valence-electron chi connectivity index (χ4n) is 2.26. The van der Waals surface area contributed by atoms with Gasteiger partial charge in [-0.2, -0.15) is 13.2 Å². The van der Waals surface area contributed by atoms with Crippen LogP contribution in [0.15, 0.2) is 5.16 Å². The Hall–Kier alpha value is -1.06. The van der Waals surface area contributed by atoms with Crippen molar-refractivity contribution in [1.82, 2.24) is 9.80 Å². The van der Waals surface area contributed by atoms with Gasteiger partial charge in [-0.05, 0) is 19.5 Å². The predicted molar refractivity (Wildman–Crippen MR) is 67.5 cm³/mol. The van der Waals surface area contributed by atoms with Crippen molar-refractivity contribution in [3.8, 4) is 0 Å². The van der Waals surface area contributed by atoms with Gasteiger partial charge in [-0.25, -0.2) is 0 Å². The molecule has 1 aliphatic heterocycles. The monoisotopic (exact) mass is 298 g/mol. The van der Waals surface area contributed by atoms with Crippen LogP contribution in [0.5, 0.6) is 0 Å². The van der Waals surface area contributed by atoms with Crippen molar-refractivity contribution in [2.45, 2.75) is 12.6 Å². The highest BCUT2D eigenvalue weighted by Crippen LogP contribution is 2.27. The lowest BCUT2D eigenvalue weighted by Crippen LogP contribution is -2.45. The van der Waals surface area contributed by atoms with Crippen LogP contribution in [-0.4, -0.2) is 78.0 Å². The molecule has 0 aliphatic carbocycles. The van der Waals surface area contributed by atoms with Gasteiger partial charge in [0.05, 0.1) is 6.61 Å². The molecular formula is C11H21F3N4O2. The van der Waals surface area contributed by atoms with E-state index in [1.807, 2.05) is 4.90 Å². The fraction of sp³-hybridized carbons (Fsp3) is 0.909. The van der Waals surface area contributed by atoms with E-state index in [1.165, 1.54) is 0 Å². The first kappa shape index (κ1) is 17.0. The summed E-state index contributed by atoms with van der Waals surface area (Å²) in [6.45, 7) is 2.58. The van der Waals surface area contributed by atoms with Crippen molar-refractivity contribution >= 4 is 5.84 Å². The highest BCUT2D eigenvalue weighted by Gasteiger charge is 2.43. The van der Waals surface area contributed by atoms with Crippen LogP contribution >= 0.6 is 0 Å². The number of amidine groups is 1. The van der Waals surface area contributed by atoms with Crippen LogP contribution < -0.4 is 5.73 Å². The molecule has 118 valence electrons. The number of aliphatic hydroxyl groups excluding tert-OH is 1. The molecule has 4 N–H and O–H groups in total. The zero-order valence-corrected chi connectivity index (χ0v) is 11.2. The van der Waals surface area contributed by atoms with Crippen LogP contribution in [0.2, 0.25) is 0 Å². The molecule has 0 aromatic rings. The maximum atomic E-state index is 12.9. The Morgan fingerprint density at radius 2 is 1.80 bits per heavy atom. The van der Waals surface area contributed by atoms with Crippen molar-refractivity contribution < 1.29 is 23.5 Å². The second-order valence-corrected chi connectivity index (χ2v) is 4.84. The maximum absolute atomic E-state index is 12.9. The molecule has 6 nitrogen and oxygen atoms in total. The number of oxime groups is 1. The predicted octanol–water partition coefficient (Wildman–Crippen LogP) is -0.0887. The Morgan fingerprint density at radius 3 is 2.35 bits per heavy atom. The number of rotatable bonds is 5. The van der Waals surface area contributed by atoms with Crippen molar-refractivity contribution in [2.75, 3.05) is 45.9 Å². The molecule has 1 saturated heterocycles. The molecule has 1 fully saturated rings. The smallest absolute Gasteiger partial charge is 0.400 e. The van der Waals surface area contributed by atoms with Gasteiger partial charge in [-0.3, -0.25) is 4.90 Å². The zero-order chi connectivity index (χ0) is 15.2. The molecule has 0 spiro atoms. The van der Waals surface area contributed by atoms with Crippen molar-refractivity contribution in [3.63, 3.8) is 0 Å². The molecule has 9 heteroatoms. The van der Waals surface area contributed by atoms with Gasteiger partial charge >= 0.3 is 6.18 Å². The summed E-state index contributed by atoms with van der Waals surface area (Å²) < 4.78 is 38.6. The van der Waals surface area contributed by atoms with Gasteiger partial charge in [0.25, 0.3) is 0 Å². The van der Waals surface area contributed by atoms with Crippen molar-refractivity contribution in [2.24, 2.45) is 16.8 Å². The third kappa shape index (κ3) is 5.14. The highest BCUT2D eigenvalue weighted by molar-refractivity contribution is 5.83. The van der Waals surface area contributed by atoms with Gasteiger partial charge < -0.3 is 20.9 Å². The Bertz CT molecular complexity index is 325. The summed E-state index contributed by atoms with van der Waals surface area (Å²) in [6.07, 6.45) is -3.81. The summed E-state index contributed by atoms with van der Waals surface area (Å²) in [5.41, 5.74) is 5.14. The zero-order valence-electron chi connectivity index (χ0n) is 11.2. The van der Waals surface area contributed by atoms with E-state index in [0.29, 0.717) is 26.2 Å². The minimum absolute atomic E-state index is 0.0370. The molecule has 0 aromatic heterocycles. The minimum Gasteiger partial charge on any atom is -0.409 e. The number of aliphatic hydroxyl groups is 1. The Labute approximate surface area is 115 Å². The van der Waals surface area contributed by atoms with Crippen LogP contribution in [0.1, 0.15) is 6.42 Å². The molecule has 20 heavy (non-hydrogen) atoms. The largest absolute Gasteiger partial charge is 0.409 e. The van der Waals surface area contributed by atoms with Crippen LogP contribution in [0.25, 0.3) is 0 Å². The van der Waals surface area contributed by atoms with E-state index in [1.54, 1.807) is 4.90 Å². The molecule has 1 rings (SSSR count). The van der Waals surface area contributed by atoms with E-state index in [4.69, 9.17) is 16.0 Å². The Balaban J connectivity index is 2.61. The molecule has 1 atom stereocenters. The summed E-state index contributed by atoms with van der Waals surface area (Å²) in [4.78, 5) is 3.67. The van der Waals surface area contributed by atoms with Crippen LogP contribution in [0.3, 0.4) is 0 Å². The maximum Gasteiger partial charge on any atom is 0.400 e. The van der Waals surface area contributed by atoms with Gasteiger partial charge in [0.1, 0.15) is 5.92 Å². The van der Waals surface area contributed by atoms with E-state index < -0.39 is 17.9 Å². The molecule has 0 aromatic carbocycles. The molecule has 0 bridgehead atoms. The van der Waals surface area contributed by atoms with E-state index in [0.717, 1.165) is 13.0 Å².